The van der Waals surface area contributed by atoms with Gasteiger partial charge in [-0.05, 0) is 36.2 Å². The molecule has 0 aromatic heterocycles. The van der Waals surface area contributed by atoms with E-state index in [1.54, 1.807) is 19.2 Å². The minimum absolute atomic E-state index is 0.0981. The summed E-state index contributed by atoms with van der Waals surface area (Å²) in [5, 5.41) is 2.78. The Hall–Kier alpha value is -3.02. The lowest BCUT2D eigenvalue weighted by atomic mass is 10.2. The number of anilines is 1. The normalized spacial score (nSPS) is 10.0. The van der Waals surface area contributed by atoms with Crippen molar-refractivity contribution >= 4 is 17.7 Å². The molecule has 0 aliphatic rings. The molecule has 0 heterocycles. The summed E-state index contributed by atoms with van der Waals surface area (Å²) in [5.41, 5.74) is 2.45. The van der Waals surface area contributed by atoms with Gasteiger partial charge in [-0.2, -0.15) is 0 Å². The highest BCUT2D eigenvalue weighted by atomic mass is 16.6. The summed E-state index contributed by atoms with van der Waals surface area (Å²) >= 11 is 0. The van der Waals surface area contributed by atoms with Gasteiger partial charge in [0.05, 0.1) is 7.11 Å². The fourth-order valence-corrected chi connectivity index (χ4v) is 2.20. The molecule has 0 aliphatic carbocycles. The quantitative estimate of drug-likeness (QED) is 0.875. The van der Waals surface area contributed by atoms with Crippen LogP contribution in [0.3, 0.4) is 0 Å². The summed E-state index contributed by atoms with van der Waals surface area (Å²) in [4.78, 5) is 25.3. The molecule has 0 atom stereocenters. The number of methoxy groups -OCH3 is 1. The van der Waals surface area contributed by atoms with Crippen molar-refractivity contribution < 1.29 is 19.1 Å². The number of carbonyl (C=O) groups excluding carboxylic acids is 2. The van der Waals surface area contributed by atoms with Crippen LogP contribution in [0.25, 0.3) is 0 Å². The molecule has 2 amide bonds. The summed E-state index contributed by atoms with van der Waals surface area (Å²) in [5.74, 6) is 0.421. The van der Waals surface area contributed by atoms with Gasteiger partial charge in [-0.15, -0.1) is 0 Å². The second kappa shape index (κ2) is 8.73. The van der Waals surface area contributed by atoms with Gasteiger partial charge in [0.25, 0.3) is 0 Å². The lowest BCUT2D eigenvalue weighted by Gasteiger charge is -2.17. The molecule has 25 heavy (non-hydrogen) atoms. The van der Waals surface area contributed by atoms with Gasteiger partial charge in [0.2, 0.25) is 5.91 Å². The largest absolute Gasteiger partial charge is 0.497 e. The van der Waals surface area contributed by atoms with E-state index in [0.29, 0.717) is 5.69 Å². The smallest absolute Gasteiger partial charge is 0.410 e. The van der Waals surface area contributed by atoms with Gasteiger partial charge >= 0.3 is 6.09 Å². The Morgan fingerprint density at radius 1 is 1.12 bits per heavy atom. The Bertz CT molecular complexity index is 731. The van der Waals surface area contributed by atoms with Crippen LogP contribution >= 0.6 is 0 Å². The van der Waals surface area contributed by atoms with Crippen LogP contribution in [0.1, 0.15) is 11.1 Å². The molecule has 132 valence electrons. The zero-order chi connectivity index (χ0) is 18.2. The number of rotatable bonds is 6. The molecule has 0 radical (unpaired) electrons. The van der Waals surface area contributed by atoms with Crippen LogP contribution in [0.2, 0.25) is 0 Å². The molecule has 0 saturated heterocycles. The molecular formula is C19H22N2O4. The molecule has 0 saturated carbocycles. The van der Waals surface area contributed by atoms with E-state index in [4.69, 9.17) is 9.47 Å². The number of nitrogens with zero attached hydrogens (tertiary/aromatic N) is 1. The number of carbonyl (C=O) groups is 2. The lowest BCUT2D eigenvalue weighted by molar-refractivity contribution is -0.116. The average molecular weight is 342 g/mol. The monoisotopic (exact) mass is 342 g/mol. The highest BCUT2D eigenvalue weighted by Crippen LogP contribution is 2.20. The molecule has 1 N–H and O–H groups in total. The summed E-state index contributed by atoms with van der Waals surface area (Å²) < 4.78 is 10.3. The topological polar surface area (TPSA) is 67.9 Å². The molecular weight excluding hydrogens is 320 g/mol. The fourth-order valence-electron chi connectivity index (χ4n) is 2.20. The average Bonchev–Trinajstić information content (AvgIpc) is 2.62. The molecule has 2 aromatic carbocycles. The van der Waals surface area contributed by atoms with E-state index in [1.165, 1.54) is 11.9 Å². The number of likely N-dealkylation sites (N-methyl/N-ethyl adjacent to an activating group) is 1. The minimum atomic E-state index is -0.551. The van der Waals surface area contributed by atoms with Gasteiger partial charge in [-0.25, -0.2) is 4.79 Å². The van der Waals surface area contributed by atoms with Crippen LogP contribution in [0.5, 0.6) is 5.75 Å². The van der Waals surface area contributed by atoms with Gasteiger partial charge in [-0.3, -0.25) is 4.79 Å². The third kappa shape index (κ3) is 5.53. The molecule has 0 bridgehead atoms. The second-order valence-electron chi connectivity index (χ2n) is 5.63. The van der Waals surface area contributed by atoms with E-state index in [-0.39, 0.29) is 19.1 Å². The summed E-state index contributed by atoms with van der Waals surface area (Å²) in [6.07, 6.45) is -0.551. The maximum Gasteiger partial charge on any atom is 0.410 e. The zero-order valence-corrected chi connectivity index (χ0v) is 14.6. The number of hydrogen-bond donors (Lipinski definition) is 1. The third-order valence-electron chi connectivity index (χ3n) is 3.61. The first-order valence-electron chi connectivity index (χ1n) is 7.86. The predicted molar refractivity (Wildman–Crippen MR) is 95.6 cm³/mol. The third-order valence-corrected chi connectivity index (χ3v) is 3.61. The van der Waals surface area contributed by atoms with Gasteiger partial charge < -0.3 is 19.7 Å². The van der Waals surface area contributed by atoms with Crippen LogP contribution in [0.4, 0.5) is 10.5 Å². The Balaban J connectivity index is 1.83. The predicted octanol–water partition coefficient (Wildman–Crippen LogP) is 3.21. The SMILES string of the molecule is COc1ccc(NC(=O)CN(C)C(=O)OCc2ccccc2)c(C)c1. The number of aryl methyl sites for hydroxylation is 1. The maximum absolute atomic E-state index is 12.1. The van der Waals surface area contributed by atoms with Crippen LogP contribution in [-0.2, 0) is 16.1 Å². The van der Waals surface area contributed by atoms with E-state index in [1.807, 2.05) is 43.3 Å². The summed E-state index contributed by atoms with van der Waals surface area (Å²) in [6, 6.07) is 14.7. The Morgan fingerprint density at radius 3 is 2.48 bits per heavy atom. The molecule has 6 heteroatoms. The van der Waals surface area contributed by atoms with Crippen molar-refractivity contribution in [1.29, 1.82) is 0 Å². The number of nitrogens with one attached hydrogen (secondary N) is 1. The van der Waals surface area contributed by atoms with Crippen molar-refractivity contribution in [3.8, 4) is 5.75 Å². The molecule has 0 spiro atoms. The highest BCUT2D eigenvalue weighted by Gasteiger charge is 2.15. The first-order chi connectivity index (χ1) is 12.0. The van der Waals surface area contributed by atoms with E-state index >= 15 is 0 Å². The lowest BCUT2D eigenvalue weighted by Crippen LogP contribution is -2.35. The molecule has 2 rings (SSSR count). The minimum Gasteiger partial charge on any atom is -0.497 e. The standard InChI is InChI=1S/C19H22N2O4/c1-14-11-16(24-3)9-10-17(14)20-18(22)12-21(2)19(23)25-13-15-7-5-4-6-8-15/h4-11H,12-13H2,1-3H3,(H,20,22). The van der Waals surface area contributed by atoms with E-state index in [0.717, 1.165) is 16.9 Å². The Morgan fingerprint density at radius 2 is 1.84 bits per heavy atom. The van der Waals surface area contributed by atoms with Crippen LogP contribution in [0, 0.1) is 6.92 Å². The van der Waals surface area contributed by atoms with Gasteiger partial charge in [0.1, 0.15) is 18.9 Å². The summed E-state index contributed by atoms with van der Waals surface area (Å²) in [7, 11) is 3.11. The van der Waals surface area contributed by atoms with Gasteiger partial charge in [-0.1, -0.05) is 30.3 Å². The van der Waals surface area contributed by atoms with Crippen molar-refractivity contribution in [3.05, 3.63) is 59.7 Å². The number of ether oxygens (including phenoxy) is 2. The van der Waals surface area contributed by atoms with E-state index in [9.17, 15) is 9.59 Å². The van der Waals surface area contributed by atoms with Crippen LogP contribution in [-0.4, -0.2) is 37.6 Å². The van der Waals surface area contributed by atoms with Crippen LogP contribution in [0.15, 0.2) is 48.5 Å². The van der Waals surface area contributed by atoms with E-state index < -0.39 is 6.09 Å². The Labute approximate surface area is 147 Å². The molecule has 0 aliphatic heterocycles. The van der Waals surface area contributed by atoms with Crippen molar-refractivity contribution in [2.45, 2.75) is 13.5 Å². The fraction of sp³-hybridized carbons (Fsp3) is 0.263. The number of hydrogen-bond acceptors (Lipinski definition) is 4. The van der Waals surface area contributed by atoms with Crippen molar-refractivity contribution in [1.82, 2.24) is 4.90 Å². The first-order valence-corrected chi connectivity index (χ1v) is 7.86. The van der Waals surface area contributed by atoms with E-state index in [2.05, 4.69) is 5.32 Å². The molecule has 0 fully saturated rings. The van der Waals surface area contributed by atoms with Crippen molar-refractivity contribution in [2.24, 2.45) is 0 Å². The molecule has 2 aromatic rings. The van der Waals surface area contributed by atoms with Crippen molar-refractivity contribution in [2.75, 3.05) is 26.0 Å². The number of amides is 2. The number of benzene rings is 2. The highest BCUT2D eigenvalue weighted by molar-refractivity contribution is 5.94. The molecule has 6 nitrogen and oxygen atoms in total. The zero-order valence-electron chi connectivity index (χ0n) is 14.6. The molecule has 0 unspecified atom stereocenters. The van der Waals surface area contributed by atoms with Gasteiger partial charge in [0.15, 0.2) is 0 Å². The Kier molecular flexibility index (Phi) is 6.39. The summed E-state index contributed by atoms with van der Waals surface area (Å²) in [6.45, 7) is 1.94. The second-order valence-corrected chi connectivity index (χ2v) is 5.63. The van der Waals surface area contributed by atoms with Crippen LogP contribution < -0.4 is 10.1 Å². The maximum atomic E-state index is 12.1. The van der Waals surface area contributed by atoms with Crippen molar-refractivity contribution in [3.63, 3.8) is 0 Å². The van der Waals surface area contributed by atoms with Gasteiger partial charge in [0, 0.05) is 12.7 Å². The first kappa shape index (κ1) is 18.3.